The van der Waals surface area contributed by atoms with Crippen molar-refractivity contribution in [2.45, 2.75) is 0 Å². The largest absolute Gasteiger partial charge is 0.455 e. The molecule has 176 valence electrons. The molecule has 0 bridgehead atoms. The summed E-state index contributed by atoms with van der Waals surface area (Å²) in [5, 5.41) is 16.0. The van der Waals surface area contributed by atoms with E-state index in [9.17, 15) is 5.26 Å². The van der Waals surface area contributed by atoms with Gasteiger partial charge < -0.3 is 8.83 Å². The van der Waals surface area contributed by atoms with Gasteiger partial charge in [-0.25, -0.2) is 0 Å². The van der Waals surface area contributed by atoms with E-state index in [0.29, 0.717) is 5.56 Å². The Labute approximate surface area is 217 Å². The smallest absolute Gasteiger partial charge is 0.147 e. The molecule has 3 heteroatoms. The van der Waals surface area contributed by atoms with E-state index in [1.54, 1.807) is 0 Å². The number of hydrogen-bond acceptors (Lipinski definition) is 3. The van der Waals surface area contributed by atoms with Gasteiger partial charge in [0, 0.05) is 21.5 Å². The Kier molecular flexibility index (Phi) is 4.29. The number of benzene rings is 6. The second kappa shape index (κ2) is 7.83. The zero-order valence-electron chi connectivity index (χ0n) is 20.2. The number of para-hydroxylation sites is 2. The Bertz CT molecular complexity index is 2170. The number of fused-ring (bicyclic) bond motifs is 7. The van der Waals surface area contributed by atoms with Gasteiger partial charge in [0.05, 0.1) is 17.2 Å². The summed E-state index contributed by atoms with van der Waals surface area (Å²) in [6.07, 6.45) is 0. The number of rotatable bonds is 2. The van der Waals surface area contributed by atoms with Crippen molar-refractivity contribution in [2.24, 2.45) is 0 Å². The molecule has 0 N–H and O–H groups in total. The van der Waals surface area contributed by atoms with Crippen molar-refractivity contribution in [3.05, 3.63) is 121 Å². The van der Waals surface area contributed by atoms with Gasteiger partial charge in [-0.1, -0.05) is 84.9 Å². The quantitative estimate of drug-likeness (QED) is 0.245. The summed E-state index contributed by atoms with van der Waals surface area (Å²) in [6, 6.07) is 41.3. The Balaban J connectivity index is 1.53. The van der Waals surface area contributed by atoms with Gasteiger partial charge >= 0.3 is 0 Å². The average Bonchev–Trinajstić information content (AvgIpc) is 3.54. The Morgan fingerprint density at radius 2 is 1.03 bits per heavy atom. The van der Waals surface area contributed by atoms with E-state index >= 15 is 0 Å². The molecule has 6 aromatic carbocycles. The first-order valence-electron chi connectivity index (χ1n) is 12.6. The van der Waals surface area contributed by atoms with Crippen LogP contribution in [0.15, 0.2) is 124 Å². The zero-order valence-corrected chi connectivity index (χ0v) is 20.2. The molecule has 0 unspecified atom stereocenters. The van der Waals surface area contributed by atoms with Crippen molar-refractivity contribution < 1.29 is 8.83 Å². The molecule has 0 saturated heterocycles. The van der Waals surface area contributed by atoms with Crippen LogP contribution in [0.2, 0.25) is 0 Å². The van der Waals surface area contributed by atoms with Crippen molar-refractivity contribution in [1.82, 2.24) is 0 Å². The van der Waals surface area contributed by atoms with E-state index in [1.165, 1.54) is 0 Å². The molecule has 0 aliphatic rings. The molecule has 3 nitrogen and oxygen atoms in total. The van der Waals surface area contributed by atoms with Crippen LogP contribution < -0.4 is 0 Å². The molecule has 8 rings (SSSR count). The number of nitrogens with zero attached hydrogens (tertiary/aromatic N) is 1. The van der Waals surface area contributed by atoms with Crippen molar-refractivity contribution >= 4 is 54.6 Å². The number of hydrogen-bond donors (Lipinski definition) is 0. The number of furan rings is 2. The fourth-order valence-electron chi connectivity index (χ4n) is 5.81. The van der Waals surface area contributed by atoms with Crippen molar-refractivity contribution in [3.63, 3.8) is 0 Å². The first-order chi connectivity index (χ1) is 18.8. The van der Waals surface area contributed by atoms with Gasteiger partial charge in [-0.2, -0.15) is 5.26 Å². The molecule has 38 heavy (non-hydrogen) atoms. The van der Waals surface area contributed by atoms with Crippen molar-refractivity contribution in [2.75, 3.05) is 0 Å². The maximum atomic E-state index is 9.47. The Morgan fingerprint density at radius 3 is 1.66 bits per heavy atom. The topological polar surface area (TPSA) is 50.1 Å². The highest BCUT2D eigenvalue weighted by Crippen LogP contribution is 2.46. The lowest BCUT2D eigenvalue weighted by molar-refractivity contribution is 0.658. The second-order valence-electron chi connectivity index (χ2n) is 9.60. The molecule has 0 fully saturated rings. The van der Waals surface area contributed by atoms with Crippen LogP contribution in [0, 0.1) is 11.3 Å². The lowest BCUT2D eigenvalue weighted by Gasteiger charge is -2.13. The SMILES string of the molecule is N#Cc1cccc(-c2ccc(-c3c4oc5ccccc5c4cc4c3oc3ccccc34)c3ccccc23)c1. The minimum atomic E-state index is 0.645. The molecular weight excluding hydrogens is 466 g/mol. The summed E-state index contributed by atoms with van der Waals surface area (Å²) in [7, 11) is 0. The average molecular weight is 486 g/mol. The fraction of sp³-hybridized carbons (Fsp3) is 0. The molecule has 0 spiro atoms. The highest BCUT2D eigenvalue weighted by molar-refractivity contribution is 6.24. The first kappa shape index (κ1) is 20.8. The molecule has 2 aromatic heterocycles. The van der Waals surface area contributed by atoms with E-state index in [-0.39, 0.29) is 0 Å². The summed E-state index contributed by atoms with van der Waals surface area (Å²) in [5.41, 5.74) is 8.11. The maximum absolute atomic E-state index is 9.47. The third kappa shape index (κ3) is 2.89. The van der Waals surface area contributed by atoms with Crippen LogP contribution in [0.25, 0.3) is 76.9 Å². The van der Waals surface area contributed by atoms with Gasteiger partial charge in [-0.15, -0.1) is 0 Å². The normalized spacial score (nSPS) is 11.7. The fourth-order valence-corrected chi connectivity index (χ4v) is 5.81. The van der Waals surface area contributed by atoms with Crippen LogP contribution in [0.5, 0.6) is 0 Å². The summed E-state index contributed by atoms with van der Waals surface area (Å²) in [5.74, 6) is 0. The van der Waals surface area contributed by atoms with Crippen LogP contribution in [0.4, 0.5) is 0 Å². The minimum absolute atomic E-state index is 0.645. The molecule has 0 atom stereocenters. The van der Waals surface area contributed by atoms with Crippen molar-refractivity contribution in [3.8, 4) is 28.3 Å². The van der Waals surface area contributed by atoms with E-state index in [0.717, 1.165) is 76.9 Å². The van der Waals surface area contributed by atoms with E-state index in [1.807, 2.05) is 54.6 Å². The molecule has 0 aliphatic carbocycles. The lowest BCUT2D eigenvalue weighted by atomic mass is 9.90. The first-order valence-corrected chi connectivity index (χ1v) is 12.6. The van der Waals surface area contributed by atoms with Crippen LogP contribution in [0.1, 0.15) is 5.56 Å². The summed E-state index contributed by atoms with van der Waals surface area (Å²) < 4.78 is 13.1. The summed E-state index contributed by atoms with van der Waals surface area (Å²) in [4.78, 5) is 0. The third-order valence-corrected chi connectivity index (χ3v) is 7.51. The molecule has 2 heterocycles. The number of nitriles is 1. The van der Waals surface area contributed by atoms with Crippen molar-refractivity contribution in [1.29, 1.82) is 5.26 Å². The zero-order chi connectivity index (χ0) is 25.2. The van der Waals surface area contributed by atoms with Gasteiger partial charge in [-0.3, -0.25) is 0 Å². The Hall–Kier alpha value is -5.33. The van der Waals surface area contributed by atoms with E-state index < -0.39 is 0 Å². The standard InChI is InChI=1S/C35H19NO2/c36-20-21-8-7-9-22(18-21)23-16-17-28(25-11-2-1-10-24(23)25)33-34-29(26-12-3-5-14-31(26)37-34)19-30-27-13-4-6-15-32(27)38-35(30)33/h1-19H. The molecule has 0 saturated carbocycles. The molecule has 8 aromatic rings. The van der Waals surface area contributed by atoms with Gasteiger partial charge in [0.2, 0.25) is 0 Å². The van der Waals surface area contributed by atoms with Gasteiger partial charge in [0.15, 0.2) is 0 Å². The van der Waals surface area contributed by atoms with Gasteiger partial charge in [0.25, 0.3) is 0 Å². The monoisotopic (exact) mass is 485 g/mol. The lowest BCUT2D eigenvalue weighted by Crippen LogP contribution is -1.88. The highest BCUT2D eigenvalue weighted by atomic mass is 16.3. The molecule has 0 aliphatic heterocycles. The third-order valence-electron chi connectivity index (χ3n) is 7.51. The molecular formula is C35H19NO2. The highest BCUT2D eigenvalue weighted by Gasteiger charge is 2.22. The second-order valence-corrected chi connectivity index (χ2v) is 9.60. The van der Waals surface area contributed by atoms with E-state index in [2.05, 4.69) is 66.7 Å². The summed E-state index contributed by atoms with van der Waals surface area (Å²) in [6.45, 7) is 0. The van der Waals surface area contributed by atoms with E-state index in [4.69, 9.17) is 8.83 Å². The molecule has 0 amide bonds. The van der Waals surface area contributed by atoms with Crippen LogP contribution >= 0.6 is 0 Å². The van der Waals surface area contributed by atoms with Crippen LogP contribution in [-0.2, 0) is 0 Å². The maximum Gasteiger partial charge on any atom is 0.147 e. The van der Waals surface area contributed by atoms with Gasteiger partial charge in [0.1, 0.15) is 22.3 Å². The van der Waals surface area contributed by atoms with Gasteiger partial charge in [-0.05, 0) is 57.8 Å². The summed E-state index contributed by atoms with van der Waals surface area (Å²) >= 11 is 0. The van der Waals surface area contributed by atoms with Crippen LogP contribution in [0.3, 0.4) is 0 Å². The Morgan fingerprint density at radius 1 is 0.474 bits per heavy atom. The minimum Gasteiger partial charge on any atom is -0.455 e. The van der Waals surface area contributed by atoms with Crippen LogP contribution in [-0.4, -0.2) is 0 Å². The predicted molar refractivity (Wildman–Crippen MR) is 154 cm³/mol. The predicted octanol–water partition coefficient (Wildman–Crippen LogP) is 9.84. The molecule has 0 radical (unpaired) electrons.